The molecule has 1 aliphatic rings. The maximum absolute atomic E-state index is 6.61. The zero-order valence-electron chi connectivity index (χ0n) is 11.9. The Morgan fingerprint density at radius 2 is 1.68 bits per heavy atom. The molecule has 19 heavy (non-hydrogen) atoms. The first-order valence-corrected chi connectivity index (χ1v) is 7.11. The third-order valence-electron chi connectivity index (χ3n) is 4.13. The molecule has 106 valence electrons. The molecular formula is C15H22ClNO2. The highest BCUT2D eigenvalue weighted by atomic mass is 35.5. The van der Waals surface area contributed by atoms with E-state index in [0.29, 0.717) is 16.5 Å². The van der Waals surface area contributed by atoms with Gasteiger partial charge in [0.2, 0.25) is 0 Å². The Morgan fingerprint density at radius 3 is 2.21 bits per heavy atom. The zero-order valence-corrected chi connectivity index (χ0v) is 12.6. The average molecular weight is 284 g/mol. The molecule has 0 atom stereocenters. The van der Waals surface area contributed by atoms with Crippen LogP contribution in [0.3, 0.4) is 0 Å². The van der Waals surface area contributed by atoms with Crippen molar-refractivity contribution in [3.63, 3.8) is 0 Å². The monoisotopic (exact) mass is 283 g/mol. The zero-order chi connectivity index (χ0) is 14.0. The first-order chi connectivity index (χ1) is 9.03. The van der Waals surface area contributed by atoms with E-state index >= 15 is 0 Å². The van der Waals surface area contributed by atoms with Gasteiger partial charge in [0, 0.05) is 11.1 Å². The molecule has 1 aliphatic carbocycles. The average Bonchev–Trinajstić information content (AvgIpc) is 2.41. The summed E-state index contributed by atoms with van der Waals surface area (Å²) < 4.78 is 10.8. The Morgan fingerprint density at radius 1 is 1.11 bits per heavy atom. The molecule has 0 heterocycles. The van der Waals surface area contributed by atoms with Gasteiger partial charge in [-0.2, -0.15) is 0 Å². The lowest BCUT2D eigenvalue weighted by Gasteiger charge is -2.36. The Kier molecular flexibility index (Phi) is 4.26. The molecule has 0 spiro atoms. The van der Waals surface area contributed by atoms with Crippen LogP contribution in [0.1, 0.15) is 43.2 Å². The molecule has 3 nitrogen and oxygen atoms in total. The summed E-state index contributed by atoms with van der Waals surface area (Å²) in [5.74, 6) is 1.28. The van der Waals surface area contributed by atoms with Crippen LogP contribution < -0.4 is 15.2 Å². The second kappa shape index (κ2) is 5.59. The third kappa shape index (κ3) is 2.54. The molecule has 0 radical (unpaired) electrons. The summed E-state index contributed by atoms with van der Waals surface area (Å²) in [6, 6.07) is 1.95. The van der Waals surface area contributed by atoms with Gasteiger partial charge in [-0.25, -0.2) is 0 Å². The summed E-state index contributed by atoms with van der Waals surface area (Å²) >= 11 is 6.31. The molecule has 4 heteroatoms. The minimum Gasteiger partial charge on any atom is -0.493 e. The fraction of sp³-hybridized carbons (Fsp3) is 0.600. The van der Waals surface area contributed by atoms with Crippen LogP contribution in [0.4, 0.5) is 0 Å². The summed E-state index contributed by atoms with van der Waals surface area (Å²) in [5.41, 5.74) is 8.45. The first kappa shape index (κ1) is 14.5. The van der Waals surface area contributed by atoms with Gasteiger partial charge in [0.15, 0.2) is 11.5 Å². The second-order valence-electron chi connectivity index (χ2n) is 5.31. The number of halogens is 1. The van der Waals surface area contributed by atoms with Gasteiger partial charge in [0.1, 0.15) is 0 Å². The van der Waals surface area contributed by atoms with Gasteiger partial charge in [-0.15, -0.1) is 0 Å². The van der Waals surface area contributed by atoms with Crippen molar-refractivity contribution in [3.8, 4) is 11.5 Å². The number of hydrogen-bond acceptors (Lipinski definition) is 3. The normalized spacial score (nSPS) is 18.2. The van der Waals surface area contributed by atoms with E-state index in [1.807, 2.05) is 13.0 Å². The van der Waals surface area contributed by atoms with Crippen LogP contribution in [-0.4, -0.2) is 14.2 Å². The molecule has 2 rings (SSSR count). The van der Waals surface area contributed by atoms with Crippen molar-refractivity contribution in [1.82, 2.24) is 0 Å². The van der Waals surface area contributed by atoms with Crippen LogP contribution in [0.25, 0.3) is 0 Å². The second-order valence-corrected chi connectivity index (χ2v) is 5.72. The summed E-state index contributed by atoms with van der Waals surface area (Å²) in [7, 11) is 3.23. The molecular weight excluding hydrogens is 262 g/mol. The lowest BCUT2D eigenvalue weighted by molar-refractivity contribution is 0.297. The van der Waals surface area contributed by atoms with Gasteiger partial charge in [-0.3, -0.25) is 0 Å². The summed E-state index contributed by atoms with van der Waals surface area (Å²) in [6.45, 7) is 2.02. The van der Waals surface area contributed by atoms with E-state index in [1.165, 1.54) is 19.3 Å². The molecule has 1 saturated carbocycles. The molecule has 2 N–H and O–H groups in total. The smallest absolute Gasteiger partial charge is 0.179 e. The van der Waals surface area contributed by atoms with Gasteiger partial charge in [-0.1, -0.05) is 30.9 Å². The van der Waals surface area contributed by atoms with Crippen molar-refractivity contribution in [2.24, 2.45) is 5.73 Å². The Balaban J connectivity index is 2.55. The molecule has 0 unspecified atom stereocenters. The minimum absolute atomic E-state index is 0.286. The number of benzene rings is 1. The number of hydrogen-bond donors (Lipinski definition) is 1. The topological polar surface area (TPSA) is 44.5 Å². The fourth-order valence-corrected chi connectivity index (χ4v) is 3.38. The standard InChI is InChI=1S/C15H22ClNO2/c1-10-11(15(17)7-5-4-6-8-15)9-12(16)14(19-3)13(10)18-2/h9H,4-8,17H2,1-3H3. The van der Waals surface area contributed by atoms with Gasteiger partial charge >= 0.3 is 0 Å². The van der Waals surface area contributed by atoms with E-state index < -0.39 is 0 Å². The van der Waals surface area contributed by atoms with Gasteiger partial charge in [0.25, 0.3) is 0 Å². The summed E-state index contributed by atoms with van der Waals surface area (Å²) in [6.07, 6.45) is 5.60. The maximum Gasteiger partial charge on any atom is 0.179 e. The van der Waals surface area contributed by atoms with Crippen molar-refractivity contribution in [3.05, 3.63) is 22.2 Å². The van der Waals surface area contributed by atoms with Gasteiger partial charge in [0.05, 0.1) is 19.2 Å². The predicted octanol–water partition coefficient (Wildman–Crippen LogP) is 3.78. The van der Waals surface area contributed by atoms with Crippen LogP contribution in [0.15, 0.2) is 6.07 Å². The van der Waals surface area contributed by atoms with Crippen molar-refractivity contribution in [2.45, 2.75) is 44.6 Å². The SMILES string of the molecule is COc1c(Cl)cc(C2(N)CCCCC2)c(C)c1OC. The Labute approximate surface area is 120 Å². The third-order valence-corrected chi connectivity index (χ3v) is 4.41. The largest absolute Gasteiger partial charge is 0.493 e. The highest BCUT2D eigenvalue weighted by Gasteiger charge is 2.33. The van der Waals surface area contributed by atoms with E-state index in [1.54, 1.807) is 14.2 Å². The van der Waals surface area contributed by atoms with Crippen LogP contribution in [0.5, 0.6) is 11.5 Å². The molecule has 0 bridgehead atoms. The molecule has 1 aromatic carbocycles. The minimum atomic E-state index is -0.286. The van der Waals surface area contributed by atoms with E-state index in [2.05, 4.69) is 0 Å². The quantitative estimate of drug-likeness (QED) is 0.918. The van der Waals surface area contributed by atoms with E-state index in [9.17, 15) is 0 Å². The lowest BCUT2D eigenvalue weighted by atomic mass is 9.76. The van der Waals surface area contributed by atoms with Crippen molar-refractivity contribution in [2.75, 3.05) is 14.2 Å². The number of rotatable bonds is 3. The molecule has 0 aromatic heterocycles. The number of ether oxygens (including phenoxy) is 2. The number of nitrogens with two attached hydrogens (primary N) is 1. The lowest BCUT2D eigenvalue weighted by Crippen LogP contribution is -2.39. The Bertz CT molecular complexity index is 468. The fourth-order valence-electron chi connectivity index (χ4n) is 3.11. The van der Waals surface area contributed by atoms with Crippen LogP contribution >= 0.6 is 11.6 Å². The van der Waals surface area contributed by atoms with Crippen molar-refractivity contribution in [1.29, 1.82) is 0 Å². The van der Waals surface area contributed by atoms with E-state index in [0.717, 1.165) is 24.0 Å². The van der Waals surface area contributed by atoms with Gasteiger partial charge in [-0.05, 0) is 31.4 Å². The van der Waals surface area contributed by atoms with Crippen LogP contribution in [-0.2, 0) is 5.54 Å². The van der Waals surface area contributed by atoms with E-state index in [-0.39, 0.29) is 5.54 Å². The first-order valence-electron chi connectivity index (χ1n) is 6.74. The molecule has 1 aromatic rings. The predicted molar refractivity (Wildman–Crippen MR) is 78.2 cm³/mol. The number of methoxy groups -OCH3 is 2. The molecule has 0 aliphatic heterocycles. The van der Waals surface area contributed by atoms with Crippen LogP contribution in [0.2, 0.25) is 5.02 Å². The summed E-state index contributed by atoms with van der Waals surface area (Å²) in [5, 5.41) is 0.565. The highest BCUT2D eigenvalue weighted by molar-refractivity contribution is 6.32. The maximum atomic E-state index is 6.61. The van der Waals surface area contributed by atoms with E-state index in [4.69, 9.17) is 26.8 Å². The molecule has 0 amide bonds. The molecule has 1 fully saturated rings. The summed E-state index contributed by atoms with van der Waals surface area (Å²) in [4.78, 5) is 0. The molecule has 0 saturated heterocycles. The highest BCUT2D eigenvalue weighted by Crippen LogP contribution is 2.45. The Hall–Kier alpha value is -0.930. The van der Waals surface area contributed by atoms with Gasteiger partial charge < -0.3 is 15.2 Å². The van der Waals surface area contributed by atoms with Crippen LogP contribution in [0, 0.1) is 6.92 Å². The van der Waals surface area contributed by atoms with Crippen molar-refractivity contribution < 1.29 is 9.47 Å². The van der Waals surface area contributed by atoms with Crippen molar-refractivity contribution >= 4 is 11.6 Å².